The van der Waals surface area contributed by atoms with Crippen LogP contribution < -0.4 is 10.9 Å². The van der Waals surface area contributed by atoms with Gasteiger partial charge in [-0.3, -0.25) is 19.5 Å². The number of aliphatic hydroxyl groups excluding tert-OH is 1. The molecular formula is C26H28N4O3. The van der Waals surface area contributed by atoms with Crippen LogP contribution in [-0.2, 0) is 17.9 Å². The van der Waals surface area contributed by atoms with E-state index in [1.165, 1.54) is 0 Å². The van der Waals surface area contributed by atoms with Crippen LogP contribution in [0.25, 0.3) is 11.1 Å². The molecule has 2 bridgehead atoms. The lowest BCUT2D eigenvalue weighted by atomic mass is 9.86. The molecule has 4 atom stereocenters. The third kappa shape index (κ3) is 3.67. The van der Waals surface area contributed by atoms with E-state index in [9.17, 15) is 14.7 Å². The van der Waals surface area contributed by atoms with Crippen LogP contribution in [0, 0.1) is 11.8 Å². The van der Waals surface area contributed by atoms with Crippen LogP contribution in [0.1, 0.15) is 24.2 Å². The molecular weight excluding hydrogens is 416 g/mol. The maximum Gasteiger partial charge on any atom is 0.258 e. The quantitative estimate of drug-likeness (QED) is 0.609. The summed E-state index contributed by atoms with van der Waals surface area (Å²) < 4.78 is 1.80. The van der Waals surface area contributed by atoms with Crippen molar-refractivity contribution in [1.29, 1.82) is 0 Å². The highest BCUT2D eigenvalue weighted by atomic mass is 16.3. The number of carbonyl (C=O) groups excluding carboxylic acids is 1. The first-order chi connectivity index (χ1) is 16.1. The van der Waals surface area contributed by atoms with Gasteiger partial charge < -0.3 is 15.0 Å². The molecule has 1 aromatic carbocycles. The van der Waals surface area contributed by atoms with Gasteiger partial charge in [-0.05, 0) is 30.3 Å². The summed E-state index contributed by atoms with van der Waals surface area (Å²) in [6.07, 6.45) is 3.37. The Bertz CT molecular complexity index is 1200. The molecule has 7 heteroatoms. The topological polar surface area (TPSA) is 87.5 Å². The maximum atomic E-state index is 13.5. The number of hydrogen-bond acceptors (Lipinski definition) is 5. The largest absolute Gasteiger partial charge is 0.396 e. The van der Waals surface area contributed by atoms with Crippen LogP contribution in [0.4, 0.5) is 0 Å². The SMILES string of the molecule is CCN1[C@@H]2c3ccc(-c4cccnc4)c(=O)n3C[C@H]1[C@H](CO)[C@H]2C(=O)NCc1ccccc1. The third-order valence-electron chi connectivity index (χ3n) is 7.12. The summed E-state index contributed by atoms with van der Waals surface area (Å²) >= 11 is 0. The highest BCUT2D eigenvalue weighted by Crippen LogP contribution is 2.48. The molecule has 3 aromatic rings. The number of rotatable bonds is 6. The highest BCUT2D eigenvalue weighted by Gasteiger charge is 2.55. The van der Waals surface area contributed by atoms with E-state index in [1.807, 2.05) is 54.6 Å². The van der Waals surface area contributed by atoms with Gasteiger partial charge in [0.1, 0.15) is 0 Å². The number of fused-ring (bicyclic) bond motifs is 4. The Kier molecular flexibility index (Phi) is 5.83. The predicted molar refractivity (Wildman–Crippen MR) is 125 cm³/mol. The molecule has 1 saturated heterocycles. The van der Waals surface area contributed by atoms with Gasteiger partial charge in [-0.25, -0.2) is 0 Å². The van der Waals surface area contributed by atoms with Crippen molar-refractivity contribution in [1.82, 2.24) is 19.8 Å². The number of amides is 1. The first kappa shape index (κ1) is 21.6. The Hall–Kier alpha value is -3.29. The number of pyridine rings is 2. The Morgan fingerprint density at radius 1 is 1.15 bits per heavy atom. The fourth-order valence-electron chi connectivity index (χ4n) is 5.60. The molecule has 1 fully saturated rings. The van der Waals surface area contributed by atoms with Crippen LogP contribution >= 0.6 is 0 Å². The zero-order valence-corrected chi connectivity index (χ0v) is 18.6. The molecule has 2 aliphatic heterocycles. The van der Waals surface area contributed by atoms with Gasteiger partial charge in [-0.15, -0.1) is 0 Å². The Labute approximate surface area is 192 Å². The molecule has 4 heterocycles. The van der Waals surface area contributed by atoms with Gasteiger partial charge in [0.2, 0.25) is 5.91 Å². The van der Waals surface area contributed by atoms with Crippen LogP contribution in [0.2, 0.25) is 0 Å². The second-order valence-corrected chi connectivity index (χ2v) is 8.75. The first-order valence-electron chi connectivity index (χ1n) is 11.5. The van der Waals surface area contributed by atoms with Gasteiger partial charge in [0, 0.05) is 60.9 Å². The summed E-state index contributed by atoms with van der Waals surface area (Å²) in [6.45, 7) is 3.60. The summed E-state index contributed by atoms with van der Waals surface area (Å²) in [4.78, 5) is 33.3. The molecule has 33 heavy (non-hydrogen) atoms. The maximum absolute atomic E-state index is 13.5. The lowest BCUT2D eigenvalue weighted by molar-refractivity contribution is -0.127. The molecule has 2 aliphatic rings. The number of carbonyl (C=O) groups is 1. The molecule has 5 rings (SSSR count). The van der Waals surface area contributed by atoms with E-state index >= 15 is 0 Å². The minimum atomic E-state index is -0.430. The summed E-state index contributed by atoms with van der Waals surface area (Å²) in [5.41, 5.74) is 3.16. The van der Waals surface area contributed by atoms with Crippen LogP contribution in [0.5, 0.6) is 0 Å². The molecule has 0 spiro atoms. The number of aromatic nitrogens is 2. The van der Waals surface area contributed by atoms with E-state index in [0.29, 0.717) is 18.7 Å². The van der Waals surface area contributed by atoms with Crippen molar-refractivity contribution in [2.45, 2.75) is 32.1 Å². The highest BCUT2D eigenvalue weighted by molar-refractivity contribution is 5.80. The molecule has 2 N–H and O–H groups in total. The number of nitrogens with one attached hydrogen (secondary N) is 1. The van der Waals surface area contributed by atoms with Crippen LogP contribution in [-0.4, -0.2) is 44.7 Å². The average Bonchev–Trinajstić information content (AvgIpc) is 3.09. The summed E-state index contributed by atoms with van der Waals surface area (Å²) in [5, 5.41) is 13.4. The van der Waals surface area contributed by atoms with E-state index in [-0.39, 0.29) is 36.1 Å². The fourth-order valence-corrected chi connectivity index (χ4v) is 5.60. The van der Waals surface area contributed by atoms with Gasteiger partial charge in [-0.1, -0.05) is 43.3 Å². The zero-order chi connectivity index (χ0) is 22.9. The van der Waals surface area contributed by atoms with E-state index < -0.39 is 5.92 Å². The third-order valence-corrected chi connectivity index (χ3v) is 7.12. The Morgan fingerprint density at radius 3 is 2.67 bits per heavy atom. The molecule has 0 radical (unpaired) electrons. The molecule has 0 aliphatic carbocycles. The van der Waals surface area contributed by atoms with E-state index in [2.05, 4.69) is 22.1 Å². The number of aliphatic hydroxyl groups is 1. The van der Waals surface area contributed by atoms with Crippen molar-refractivity contribution in [2.24, 2.45) is 11.8 Å². The standard InChI is InChI=1S/C26H28N4O3/c1-2-29-22-15-30-21(11-10-19(26(30)33)18-9-6-12-27-14-18)24(29)23(20(22)16-31)25(32)28-13-17-7-4-3-5-8-17/h3-12,14,20,22-24,31H,2,13,15-16H2,1H3,(H,28,32)/t20-,22-,23+,24+/m0/s1. The zero-order valence-electron chi connectivity index (χ0n) is 18.6. The van der Waals surface area contributed by atoms with Crippen molar-refractivity contribution < 1.29 is 9.90 Å². The number of benzene rings is 1. The van der Waals surface area contributed by atoms with Crippen molar-refractivity contribution in [3.63, 3.8) is 0 Å². The minimum Gasteiger partial charge on any atom is -0.396 e. The monoisotopic (exact) mass is 444 g/mol. The van der Waals surface area contributed by atoms with Crippen molar-refractivity contribution in [3.05, 3.63) is 88.6 Å². The first-order valence-corrected chi connectivity index (χ1v) is 11.5. The van der Waals surface area contributed by atoms with Crippen molar-refractivity contribution >= 4 is 5.91 Å². The summed E-state index contributed by atoms with van der Waals surface area (Å²) in [6, 6.07) is 17.0. The Balaban J connectivity index is 1.51. The fraction of sp³-hybridized carbons (Fsp3) is 0.346. The number of likely N-dealkylation sites (N-methyl/N-ethyl adjacent to an activating group) is 1. The predicted octanol–water partition coefficient (Wildman–Crippen LogP) is 2.21. The summed E-state index contributed by atoms with van der Waals surface area (Å²) in [5.74, 6) is -0.756. The van der Waals surface area contributed by atoms with E-state index in [4.69, 9.17) is 0 Å². The second kappa shape index (κ2) is 8.92. The molecule has 0 unspecified atom stereocenters. The second-order valence-electron chi connectivity index (χ2n) is 8.75. The van der Waals surface area contributed by atoms with Gasteiger partial charge in [-0.2, -0.15) is 0 Å². The van der Waals surface area contributed by atoms with Crippen LogP contribution in [0.3, 0.4) is 0 Å². The van der Waals surface area contributed by atoms with E-state index in [1.54, 1.807) is 17.0 Å². The molecule has 1 amide bonds. The minimum absolute atomic E-state index is 0.0757. The van der Waals surface area contributed by atoms with E-state index in [0.717, 1.165) is 23.4 Å². The smallest absolute Gasteiger partial charge is 0.258 e. The molecule has 7 nitrogen and oxygen atoms in total. The van der Waals surface area contributed by atoms with Gasteiger partial charge in [0.05, 0.1) is 12.0 Å². The lowest BCUT2D eigenvalue weighted by Crippen LogP contribution is -2.46. The molecule has 2 aromatic heterocycles. The normalized spacial score (nSPS) is 23.8. The Morgan fingerprint density at radius 2 is 1.97 bits per heavy atom. The number of nitrogens with zero attached hydrogens (tertiary/aromatic N) is 3. The molecule has 170 valence electrons. The average molecular weight is 445 g/mol. The van der Waals surface area contributed by atoms with Crippen LogP contribution in [0.15, 0.2) is 71.8 Å². The van der Waals surface area contributed by atoms with Gasteiger partial charge in [0.25, 0.3) is 5.56 Å². The summed E-state index contributed by atoms with van der Waals surface area (Å²) in [7, 11) is 0. The van der Waals surface area contributed by atoms with Gasteiger partial charge in [0.15, 0.2) is 0 Å². The lowest BCUT2D eigenvalue weighted by Gasteiger charge is -2.37. The van der Waals surface area contributed by atoms with Crippen molar-refractivity contribution in [2.75, 3.05) is 13.2 Å². The van der Waals surface area contributed by atoms with Gasteiger partial charge >= 0.3 is 0 Å². The number of hydrogen-bond donors (Lipinski definition) is 2. The van der Waals surface area contributed by atoms with Crippen molar-refractivity contribution in [3.8, 4) is 11.1 Å². The molecule has 0 saturated carbocycles.